The second-order valence-electron chi connectivity index (χ2n) is 8.73. The van der Waals surface area contributed by atoms with E-state index in [1.54, 1.807) is 0 Å². The Kier molecular flexibility index (Phi) is 6.22. The van der Waals surface area contributed by atoms with Gasteiger partial charge in [0.2, 0.25) is 0 Å². The zero-order chi connectivity index (χ0) is 22.5. The monoisotopic (exact) mass is 428 g/mol. The average molecular weight is 429 g/mol. The van der Waals surface area contributed by atoms with Crippen molar-refractivity contribution in [3.05, 3.63) is 114 Å². The molecule has 0 radical (unpaired) electrons. The number of anilines is 1. The summed E-state index contributed by atoms with van der Waals surface area (Å²) in [4.78, 5) is 2.43. The van der Waals surface area contributed by atoms with Crippen molar-refractivity contribution in [2.75, 3.05) is 18.0 Å². The lowest BCUT2D eigenvalue weighted by atomic mass is 9.84. The van der Waals surface area contributed by atoms with Gasteiger partial charge in [0, 0.05) is 13.1 Å². The third-order valence-electron chi connectivity index (χ3n) is 6.59. The van der Waals surface area contributed by atoms with Crippen molar-refractivity contribution in [2.45, 2.75) is 25.7 Å². The second-order valence-corrected chi connectivity index (χ2v) is 8.73. The molecule has 0 amide bonds. The smallest absolute Gasteiger partial charge is 0.102 e. The quantitative estimate of drug-likeness (QED) is 0.329. The molecule has 0 unspecified atom stereocenters. The topological polar surface area (TPSA) is 27.0 Å². The molecule has 0 aliphatic carbocycles. The summed E-state index contributed by atoms with van der Waals surface area (Å²) in [6.45, 7) is 2.02. The summed E-state index contributed by atoms with van der Waals surface area (Å²) >= 11 is 0. The van der Waals surface area contributed by atoms with Gasteiger partial charge in [-0.05, 0) is 65.1 Å². The first-order valence-electron chi connectivity index (χ1n) is 11.8. The first kappa shape index (κ1) is 21.0. The molecule has 2 nitrogen and oxygen atoms in total. The minimum absolute atomic E-state index is 0.732. The van der Waals surface area contributed by atoms with Gasteiger partial charge in [0.05, 0.1) is 11.3 Å². The minimum Gasteiger partial charge on any atom is -0.370 e. The van der Waals surface area contributed by atoms with E-state index in [1.165, 1.54) is 41.5 Å². The fourth-order valence-electron chi connectivity index (χ4n) is 4.99. The Labute approximate surface area is 196 Å². The fourth-order valence-corrected chi connectivity index (χ4v) is 4.99. The van der Waals surface area contributed by atoms with Crippen molar-refractivity contribution >= 4 is 5.69 Å². The molecule has 33 heavy (non-hydrogen) atoms. The summed E-state index contributed by atoms with van der Waals surface area (Å²) < 4.78 is 0. The summed E-state index contributed by atoms with van der Waals surface area (Å²) in [7, 11) is 0. The van der Waals surface area contributed by atoms with Gasteiger partial charge in [-0.15, -0.1) is 0 Å². The number of hydrogen-bond donors (Lipinski definition) is 0. The van der Waals surface area contributed by atoms with E-state index < -0.39 is 0 Å². The SMILES string of the molecule is N#Cc1c(N2CCCCC2)cc(-c2ccccc2)c(-c2ccccc2)c1Cc1ccccc1. The lowest BCUT2D eigenvalue weighted by molar-refractivity contribution is 0.577. The molecule has 1 saturated heterocycles. The van der Waals surface area contributed by atoms with Gasteiger partial charge in [0.1, 0.15) is 6.07 Å². The number of piperidine rings is 1. The van der Waals surface area contributed by atoms with Crippen molar-refractivity contribution in [1.82, 2.24) is 0 Å². The van der Waals surface area contributed by atoms with E-state index in [9.17, 15) is 5.26 Å². The van der Waals surface area contributed by atoms with E-state index in [0.29, 0.717) is 0 Å². The van der Waals surface area contributed by atoms with Crippen molar-refractivity contribution in [1.29, 1.82) is 5.26 Å². The highest BCUT2D eigenvalue weighted by Gasteiger charge is 2.24. The maximum atomic E-state index is 10.5. The van der Waals surface area contributed by atoms with Gasteiger partial charge in [-0.2, -0.15) is 5.26 Å². The number of rotatable bonds is 5. The Morgan fingerprint density at radius 3 is 1.88 bits per heavy atom. The van der Waals surface area contributed by atoms with Gasteiger partial charge < -0.3 is 4.90 Å². The van der Waals surface area contributed by atoms with E-state index in [-0.39, 0.29) is 0 Å². The summed E-state index contributed by atoms with van der Waals surface area (Å²) in [6, 6.07) is 36.6. The van der Waals surface area contributed by atoms with E-state index in [2.05, 4.69) is 102 Å². The second kappa shape index (κ2) is 9.76. The zero-order valence-electron chi connectivity index (χ0n) is 18.9. The highest BCUT2D eigenvalue weighted by molar-refractivity contribution is 5.91. The molecule has 1 heterocycles. The van der Waals surface area contributed by atoms with Crippen LogP contribution in [-0.4, -0.2) is 13.1 Å². The molecule has 4 aromatic carbocycles. The summed E-state index contributed by atoms with van der Waals surface area (Å²) in [5.41, 5.74) is 8.96. The third-order valence-corrected chi connectivity index (χ3v) is 6.59. The first-order chi connectivity index (χ1) is 16.3. The van der Waals surface area contributed by atoms with Crippen molar-refractivity contribution in [3.8, 4) is 28.3 Å². The fraction of sp³-hybridized carbons (Fsp3) is 0.194. The van der Waals surface area contributed by atoms with Crippen LogP contribution in [0.3, 0.4) is 0 Å². The molecular weight excluding hydrogens is 400 g/mol. The van der Waals surface area contributed by atoms with Crippen LogP contribution in [0.5, 0.6) is 0 Å². The molecule has 0 bridgehead atoms. The Balaban J connectivity index is 1.82. The number of hydrogen-bond acceptors (Lipinski definition) is 2. The normalized spacial score (nSPS) is 13.5. The van der Waals surface area contributed by atoms with Gasteiger partial charge in [0.25, 0.3) is 0 Å². The largest absolute Gasteiger partial charge is 0.370 e. The lowest BCUT2D eigenvalue weighted by Crippen LogP contribution is -2.30. The standard InChI is InChI=1S/C31H28N2/c32-23-29-28(21-24-13-5-1-6-14-24)31(26-17-9-3-10-18-26)27(25-15-7-2-8-16-25)22-30(29)33-19-11-4-12-20-33/h1-3,5-10,13-18,22H,4,11-12,19-21H2. The minimum atomic E-state index is 0.732. The molecule has 5 rings (SSSR count). The number of nitriles is 1. The zero-order valence-corrected chi connectivity index (χ0v) is 18.9. The van der Waals surface area contributed by atoms with Gasteiger partial charge in [-0.25, -0.2) is 0 Å². The molecule has 0 N–H and O–H groups in total. The third kappa shape index (κ3) is 4.41. The van der Waals surface area contributed by atoms with Crippen molar-refractivity contribution in [3.63, 3.8) is 0 Å². The molecule has 0 saturated carbocycles. The van der Waals surface area contributed by atoms with E-state index in [1.807, 2.05) is 6.07 Å². The molecular formula is C31H28N2. The van der Waals surface area contributed by atoms with Gasteiger partial charge in [0.15, 0.2) is 0 Å². The van der Waals surface area contributed by atoms with Crippen LogP contribution in [0.4, 0.5) is 5.69 Å². The van der Waals surface area contributed by atoms with Crippen LogP contribution in [0.2, 0.25) is 0 Å². The van der Waals surface area contributed by atoms with E-state index >= 15 is 0 Å². The molecule has 0 atom stereocenters. The van der Waals surface area contributed by atoms with E-state index in [4.69, 9.17) is 0 Å². The predicted molar refractivity (Wildman–Crippen MR) is 137 cm³/mol. The Morgan fingerprint density at radius 2 is 1.27 bits per heavy atom. The van der Waals surface area contributed by atoms with Crippen molar-refractivity contribution in [2.24, 2.45) is 0 Å². The number of benzene rings is 4. The van der Waals surface area contributed by atoms with Crippen LogP contribution in [0, 0.1) is 11.3 Å². The van der Waals surface area contributed by atoms with Crippen LogP contribution in [0.1, 0.15) is 36.0 Å². The summed E-state index contributed by atoms with van der Waals surface area (Å²) in [5, 5.41) is 10.5. The molecule has 0 spiro atoms. The van der Waals surface area contributed by atoms with Crippen LogP contribution in [0.25, 0.3) is 22.3 Å². The average Bonchev–Trinajstić information content (AvgIpc) is 2.90. The van der Waals surface area contributed by atoms with Crippen molar-refractivity contribution < 1.29 is 0 Å². The molecule has 2 heteroatoms. The molecule has 162 valence electrons. The van der Waals surface area contributed by atoms with Crippen LogP contribution in [0.15, 0.2) is 97.1 Å². The van der Waals surface area contributed by atoms with Gasteiger partial charge >= 0.3 is 0 Å². The maximum Gasteiger partial charge on any atom is 0.102 e. The van der Waals surface area contributed by atoms with E-state index in [0.717, 1.165) is 41.9 Å². The molecule has 1 aliphatic rings. The molecule has 1 aliphatic heterocycles. The first-order valence-corrected chi connectivity index (χ1v) is 11.8. The predicted octanol–water partition coefficient (Wildman–Crippen LogP) is 7.47. The molecule has 0 aromatic heterocycles. The Bertz CT molecular complexity index is 1250. The number of nitrogens with zero attached hydrogens (tertiary/aromatic N) is 2. The van der Waals surface area contributed by atoms with Crippen LogP contribution >= 0.6 is 0 Å². The van der Waals surface area contributed by atoms with Gasteiger partial charge in [-0.1, -0.05) is 91.0 Å². The van der Waals surface area contributed by atoms with Crippen LogP contribution in [-0.2, 0) is 6.42 Å². The maximum absolute atomic E-state index is 10.5. The molecule has 1 fully saturated rings. The summed E-state index contributed by atoms with van der Waals surface area (Å²) in [6.07, 6.45) is 4.36. The van der Waals surface area contributed by atoms with Gasteiger partial charge in [-0.3, -0.25) is 0 Å². The highest BCUT2D eigenvalue weighted by Crippen LogP contribution is 2.42. The summed E-state index contributed by atoms with van der Waals surface area (Å²) in [5.74, 6) is 0. The lowest BCUT2D eigenvalue weighted by Gasteiger charge is -2.32. The molecule has 4 aromatic rings. The Hall–Kier alpha value is -3.83. The van der Waals surface area contributed by atoms with Crippen LogP contribution < -0.4 is 4.90 Å². The Morgan fingerprint density at radius 1 is 0.697 bits per heavy atom. The highest BCUT2D eigenvalue weighted by atomic mass is 15.1.